The van der Waals surface area contributed by atoms with E-state index in [4.69, 9.17) is 3.79 Å². The van der Waals surface area contributed by atoms with Crippen molar-refractivity contribution in [2.24, 2.45) is 4.99 Å². The second-order valence-electron chi connectivity index (χ2n) is 2.79. The van der Waals surface area contributed by atoms with Gasteiger partial charge in [-0.15, -0.1) is 0 Å². The van der Waals surface area contributed by atoms with Crippen LogP contribution in [0.2, 0.25) is 11.6 Å². The number of hydrogen-bond donors (Lipinski definition) is 0. The van der Waals surface area contributed by atoms with Crippen LogP contribution in [0.15, 0.2) is 16.8 Å². The molecule has 0 amide bonds. The molecule has 0 aromatic heterocycles. The fraction of sp³-hybridized carbons (Fsp3) is 0.625. The molecule has 0 aliphatic heterocycles. The molecular formula is C8H16AlNO. The van der Waals surface area contributed by atoms with Crippen LogP contribution in [-0.2, 0) is 3.79 Å². The number of rotatable bonds is 3. The van der Waals surface area contributed by atoms with E-state index >= 15 is 0 Å². The van der Waals surface area contributed by atoms with Gasteiger partial charge in [-0.25, -0.2) is 0 Å². The second kappa shape index (κ2) is 5.40. The highest BCUT2D eigenvalue weighted by atomic mass is 27.2. The Kier molecular flexibility index (Phi) is 5.27. The van der Waals surface area contributed by atoms with Gasteiger partial charge < -0.3 is 3.79 Å². The third kappa shape index (κ3) is 6.15. The Bertz CT molecular complexity index is 173. The molecule has 3 heteroatoms. The molecule has 0 aliphatic rings. The van der Waals surface area contributed by atoms with E-state index in [1.165, 1.54) is 0 Å². The lowest BCUT2D eigenvalue weighted by Gasteiger charge is -2.07. The van der Waals surface area contributed by atoms with Gasteiger partial charge in [-0.2, -0.15) is 0 Å². The van der Waals surface area contributed by atoms with Crippen LogP contribution in [0.1, 0.15) is 13.8 Å². The zero-order chi connectivity index (χ0) is 8.85. The number of nitrogens with zero attached hydrogens (tertiary/aromatic N) is 1. The van der Waals surface area contributed by atoms with E-state index in [1.54, 1.807) is 7.05 Å². The van der Waals surface area contributed by atoms with E-state index in [0.717, 1.165) is 11.5 Å². The fourth-order valence-electron chi connectivity index (χ4n) is 0.765. The molecule has 2 nitrogen and oxygen atoms in total. The number of hydrogen-bond acceptors (Lipinski definition) is 2. The Morgan fingerprint density at radius 1 is 1.36 bits per heavy atom. The summed E-state index contributed by atoms with van der Waals surface area (Å²) in [6.45, 7) is 3.94. The van der Waals surface area contributed by atoms with Crippen LogP contribution in [0, 0.1) is 0 Å². The maximum atomic E-state index is 5.54. The second-order valence-corrected chi connectivity index (χ2v) is 5.12. The van der Waals surface area contributed by atoms with Crippen molar-refractivity contribution in [3.05, 3.63) is 11.8 Å². The van der Waals surface area contributed by atoms with Crippen molar-refractivity contribution in [3.63, 3.8) is 0 Å². The maximum Gasteiger partial charge on any atom is 0.539 e. The Balaban J connectivity index is 4.01. The average Bonchev–Trinajstić information content (AvgIpc) is 1.85. The minimum Gasteiger partial charge on any atom is -0.646 e. The van der Waals surface area contributed by atoms with Gasteiger partial charge in [-0.3, -0.25) is 4.99 Å². The first-order valence-electron chi connectivity index (χ1n) is 3.84. The van der Waals surface area contributed by atoms with Crippen molar-refractivity contribution < 1.29 is 3.79 Å². The maximum absolute atomic E-state index is 5.54. The summed E-state index contributed by atoms with van der Waals surface area (Å²) in [5.74, 6) is 5.28. The average molecular weight is 169 g/mol. The van der Waals surface area contributed by atoms with E-state index in [0.29, 0.717) is 0 Å². The van der Waals surface area contributed by atoms with Crippen LogP contribution in [0.4, 0.5) is 0 Å². The molecule has 0 spiro atoms. The van der Waals surface area contributed by atoms with Crippen LogP contribution in [-0.4, -0.2) is 27.2 Å². The molecule has 62 valence electrons. The molecule has 0 aliphatic carbocycles. The van der Waals surface area contributed by atoms with Crippen molar-refractivity contribution in [2.45, 2.75) is 25.4 Å². The van der Waals surface area contributed by atoms with Crippen LogP contribution in [0.25, 0.3) is 0 Å². The van der Waals surface area contributed by atoms with E-state index in [-0.39, 0.29) is 0 Å². The first-order chi connectivity index (χ1) is 5.06. The first kappa shape index (κ1) is 10.7. The van der Waals surface area contributed by atoms with Gasteiger partial charge in [-0.05, 0) is 19.9 Å². The summed E-state index contributed by atoms with van der Waals surface area (Å²) in [5, 5.41) is 0. The van der Waals surface area contributed by atoms with Crippen molar-refractivity contribution in [1.82, 2.24) is 0 Å². The Labute approximate surface area is 73.7 Å². The van der Waals surface area contributed by atoms with Crippen molar-refractivity contribution in [3.8, 4) is 0 Å². The van der Waals surface area contributed by atoms with Crippen molar-refractivity contribution >= 4 is 20.2 Å². The molecule has 0 bridgehead atoms. The lowest BCUT2D eigenvalue weighted by atomic mass is 10.3. The molecule has 0 fully saturated rings. The fourth-order valence-corrected chi connectivity index (χ4v) is 1.58. The van der Waals surface area contributed by atoms with Crippen LogP contribution in [0.3, 0.4) is 0 Å². The highest BCUT2D eigenvalue weighted by molar-refractivity contribution is 6.48. The highest BCUT2D eigenvalue weighted by Gasteiger charge is 2.05. The molecule has 0 aromatic carbocycles. The van der Waals surface area contributed by atoms with Crippen molar-refractivity contribution in [2.75, 3.05) is 7.05 Å². The summed E-state index contributed by atoms with van der Waals surface area (Å²) < 4.78 is 5.54. The third-order valence-electron chi connectivity index (χ3n) is 1.19. The standard InChI is InChI=1S/C6H11NO.2CH3.Al/c1-5(7-3)4-6(2)8;;;/h4,8H,1-3H3;2*1H3;/q;;;+1/p-1/b6-4-,7-5?;;;. The predicted octanol–water partition coefficient (Wildman–Crippen LogP) is 2.25. The number of allylic oxidation sites excluding steroid dienone is 2. The molecule has 0 unspecified atom stereocenters. The highest BCUT2D eigenvalue weighted by Crippen LogP contribution is 1.98. The first-order valence-corrected chi connectivity index (χ1v) is 6.62. The lowest BCUT2D eigenvalue weighted by molar-refractivity contribution is 0.444. The Morgan fingerprint density at radius 2 is 1.91 bits per heavy atom. The molecular weight excluding hydrogens is 153 g/mol. The van der Waals surface area contributed by atoms with Gasteiger partial charge in [0, 0.05) is 12.8 Å². The minimum atomic E-state index is -0.922. The smallest absolute Gasteiger partial charge is 0.539 e. The third-order valence-corrected chi connectivity index (χ3v) is 2.03. The quantitative estimate of drug-likeness (QED) is 0.360. The zero-order valence-corrected chi connectivity index (χ0v) is 9.16. The summed E-state index contributed by atoms with van der Waals surface area (Å²) in [4.78, 5) is 4.01. The molecule has 11 heavy (non-hydrogen) atoms. The van der Waals surface area contributed by atoms with E-state index < -0.39 is 14.5 Å². The van der Waals surface area contributed by atoms with Gasteiger partial charge in [0.25, 0.3) is 0 Å². The van der Waals surface area contributed by atoms with E-state index in [1.807, 2.05) is 19.9 Å². The minimum absolute atomic E-state index is 0.922. The SMILES string of the molecule is CN=C(C)/C=C(/C)[O][Al]([CH3])[CH3]. The molecule has 0 rings (SSSR count). The van der Waals surface area contributed by atoms with Gasteiger partial charge in [0.1, 0.15) is 0 Å². The molecule has 0 N–H and O–H groups in total. The monoisotopic (exact) mass is 169 g/mol. The van der Waals surface area contributed by atoms with Gasteiger partial charge in [0.15, 0.2) is 0 Å². The lowest BCUT2D eigenvalue weighted by Crippen LogP contribution is -2.06. The predicted molar refractivity (Wildman–Crippen MR) is 51.4 cm³/mol. The van der Waals surface area contributed by atoms with Gasteiger partial charge in [-0.1, -0.05) is 11.6 Å². The van der Waals surface area contributed by atoms with Crippen LogP contribution in [0.5, 0.6) is 0 Å². The summed E-state index contributed by atoms with van der Waals surface area (Å²) in [6.07, 6.45) is 1.97. The normalized spacial score (nSPS) is 13.2. The molecule has 0 saturated heterocycles. The van der Waals surface area contributed by atoms with Crippen LogP contribution >= 0.6 is 0 Å². The number of aliphatic imine (C=N–C) groups is 1. The molecule has 0 aromatic rings. The van der Waals surface area contributed by atoms with Gasteiger partial charge in [0.2, 0.25) is 0 Å². The topological polar surface area (TPSA) is 21.6 Å². The van der Waals surface area contributed by atoms with E-state index in [2.05, 4.69) is 16.6 Å². The van der Waals surface area contributed by atoms with Crippen molar-refractivity contribution in [1.29, 1.82) is 0 Å². The Morgan fingerprint density at radius 3 is 2.27 bits per heavy atom. The van der Waals surface area contributed by atoms with Gasteiger partial charge >= 0.3 is 14.5 Å². The van der Waals surface area contributed by atoms with E-state index in [9.17, 15) is 0 Å². The molecule has 0 radical (unpaired) electrons. The Hall–Kier alpha value is -0.258. The summed E-state index contributed by atoms with van der Waals surface area (Å²) in [6, 6.07) is 0. The molecule has 0 saturated carbocycles. The van der Waals surface area contributed by atoms with Crippen LogP contribution < -0.4 is 0 Å². The summed E-state index contributed by atoms with van der Waals surface area (Å²) >= 11 is -0.922. The largest absolute Gasteiger partial charge is 0.646 e. The zero-order valence-electron chi connectivity index (χ0n) is 8.01. The van der Waals surface area contributed by atoms with Gasteiger partial charge in [0.05, 0.1) is 5.76 Å². The summed E-state index contributed by atoms with van der Waals surface area (Å²) in [5.41, 5.74) is 1.01. The summed E-state index contributed by atoms with van der Waals surface area (Å²) in [7, 11) is 1.78. The molecule has 0 atom stereocenters. The molecule has 0 heterocycles.